The lowest BCUT2D eigenvalue weighted by Crippen LogP contribution is -2.34. The van der Waals surface area contributed by atoms with Gasteiger partial charge in [-0.1, -0.05) is 0 Å². The number of amides is 1. The highest BCUT2D eigenvalue weighted by Gasteiger charge is 2.33. The molecule has 1 fully saturated rings. The van der Waals surface area contributed by atoms with E-state index in [2.05, 4.69) is 15.0 Å². The van der Waals surface area contributed by atoms with Crippen LogP contribution in [0.1, 0.15) is 23.5 Å². The minimum atomic E-state index is -4.40. The molecule has 0 saturated carbocycles. The van der Waals surface area contributed by atoms with E-state index in [-0.39, 0.29) is 11.8 Å². The number of H-pyrrole nitrogens is 1. The number of hydrogen-bond donors (Lipinski definition) is 1. The van der Waals surface area contributed by atoms with Gasteiger partial charge in [-0.05, 0) is 25.5 Å². The van der Waals surface area contributed by atoms with Crippen molar-refractivity contribution in [1.82, 2.24) is 19.9 Å². The van der Waals surface area contributed by atoms with Crippen molar-refractivity contribution in [3.63, 3.8) is 0 Å². The molecular formula is C17H20F3N5O. The zero-order valence-electron chi connectivity index (χ0n) is 14.5. The molecule has 3 heterocycles. The van der Waals surface area contributed by atoms with Crippen molar-refractivity contribution in [2.45, 2.75) is 26.1 Å². The van der Waals surface area contributed by atoms with Gasteiger partial charge in [0.2, 0.25) is 5.91 Å². The van der Waals surface area contributed by atoms with Gasteiger partial charge in [-0.3, -0.25) is 4.79 Å². The Hall–Kier alpha value is -2.58. The Morgan fingerprint density at radius 2 is 2.12 bits per heavy atom. The molecule has 1 aliphatic rings. The van der Waals surface area contributed by atoms with Crippen LogP contribution in [0.4, 0.5) is 19.0 Å². The van der Waals surface area contributed by atoms with Crippen LogP contribution in [0.5, 0.6) is 0 Å². The summed E-state index contributed by atoms with van der Waals surface area (Å²) in [5.41, 5.74) is 0.155. The third-order valence-electron chi connectivity index (χ3n) is 4.46. The van der Waals surface area contributed by atoms with E-state index in [1.165, 1.54) is 6.07 Å². The topological polar surface area (TPSA) is 65.1 Å². The number of nitrogens with one attached hydrogen (secondary N) is 1. The molecule has 2 aromatic rings. The number of halogens is 3. The molecular weight excluding hydrogens is 347 g/mol. The Morgan fingerprint density at radius 1 is 1.35 bits per heavy atom. The molecule has 3 rings (SSSR count). The monoisotopic (exact) mass is 367 g/mol. The summed E-state index contributed by atoms with van der Waals surface area (Å²) in [6, 6.07) is 2.37. The lowest BCUT2D eigenvalue weighted by atomic mass is 10.1. The molecule has 0 spiro atoms. The van der Waals surface area contributed by atoms with Gasteiger partial charge >= 0.3 is 6.18 Å². The van der Waals surface area contributed by atoms with E-state index in [0.717, 1.165) is 23.8 Å². The van der Waals surface area contributed by atoms with Gasteiger partial charge in [-0.25, -0.2) is 9.97 Å². The third-order valence-corrected chi connectivity index (χ3v) is 4.46. The molecule has 9 heteroatoms. The normalized spacial score (nSPS) is 17.6. The zero-order valence-corrected chi connectivity index (χ0v) is 14.5. The van der Waals surface area contributed by atoms with Crippen LogP contribution in [-0.4, -0.2) is 45.9 Å². The maximum absolute atomic E-state index is 12.6. The Bertz CT molecular complexity index is 771. The minimum absolute atomic E-state index is 0.00605. The fourth-order valence-electron chi connectivity index (χ4n) is 3.07. The lowest BCUT2D eigenvalue weighted by Gasteiger charge is -2.21. The first kappa shape index (κ1) is 18.2. The summed E-state index contributed by atoms with van der Waals surface area (Å²) in [5.74, 6) is 0.962. The summed E-state index contributed by atoms with van der Waals surface area (Å²) in [6.07, 6.45) is -1.22. The number of pyridine rings is 1. The van der Waals surface area contributed by atoms with Crippen molar-refractivity contribution < 1.29 is 18.0 Å². The minimum Gasteiger partial charge on any atom is -0.356 e. The molecule has 140 valence electrons. The summed E-state index contributed by atoms with van der Waals surface area (Å²) >= 11 is 0. The fraction of sp³-hybridized carbons (Fsp3) is 0.471. The van der Waals surface area contributed by atoms with Crippen LogP contribution in [0.2, 0.25) is 0 Å². The largest absolute Gasteiger partial charge is 0.417 e. The second-order valence-corrected chi connectivity index (χ2v) is 6.54. The average Bonchev–Trinajstić information content (AvgIpc) is 3.23. The van der Waals surface area contributed by atoms with Gasteiger partial charge in [-0.2, -0.15) is 13.2 Å². The van der Waals surface area contributed by atoms with Gasteiger partial charge in [0.15, 0.2) is 0 Å². The van der Waals surface area contributed by atoms with Crippen LogP contribution in [-0.2, 0) is 17.5 Å². The van der Waals surface area contributed by atoms with E-state index in [1.807, 2.05) is 11.8 Å². The van der Waals surface area contributed by atoms with Gasteiger partial charge in [0.05, 0.1) is 18.0 Å². The molecule has 0 bridgehead atoms. The summed E-state index contributed by atoms with van der Waals surface area (Å²) in [6.45, 7) is 3.31. The van der Waals surface area contributed by atoms with Crippen LogP contribution in [0, 0.1) is 12.8 Å². The highest BCUT2D eigenvalue weighted by Crippen LogP contribution is 2.30. The van der Waals surface area contributed by atoms with E-state index < -0.39 is 11.7 Å². The predicted octanol–water partition coefficient (Wildman–Crippen LogP) is 2.62. The highest BCUT2D eigenvalue weighted by molar-refractivity contribution is 5.79. The molecule has 1 N–H and O–H groups in total. The number of anilines is 1. The number of alkyl halides is 3. The zero-order chi connectivity index (χ0) is 18.9. The molecule has 0 unspecified atom stereocenters. The number of imidazole rings is 1. The molecule has 0 aliphatic carbocycles. The van der Waals surface area contributed by atoms with E-state index in [0.29, 0.717) is 31.9 Å². The maximum atomic E-state index is 12.6. The molecule has 1 saturated heterocycles. The predicted molar refractivity (Wildman–Crippen MR) is 89.4 cm³/mol. The average molecular weight is 367 g/mol. The van der Waals surface area contributed by atoms with E-state index in [4.69, 9.17) is 0 Å². The van der Waals surface area contributed by atoms with E-state index in [1.54, 1.807) is 18.1 Å². The summed E-state index contributed by atoms with van der Waals surface area (Å²) < 4.78 is 37.9. The van der Waals surface area contributed by atoms with Gasteiger partial charge in [0.1, 0.15) is 11.6 Å². The number of hydrogen-bond acceptors (Lipinski definition) is 4. The number of aryl methyl sites for hydroxylation is 1. The van der Waals surface area contributed by atoms with E-state index in [9.17, 15) is 18.0 Å². The number of aromatic amines is 1. The Morgan fingerprint density at radius 3 is 2.69 bits per heavy atom. The van der Waals surface area contributed by atoms with Crippen molar-refractivity contribution in [2.24, 2.45) is 5.92 Å². The molecule has 1 amide bonds. The molecule has 0 aromatic carbocycles. The third kappa shape index (κ3) is 3.97. The van der Waals surface area contributed by atoms with Gasteiger partial charge < -0.3 is 14.8 Å². The quantitative estimate of drug-likeness (QED) is 0.902. The first-order chi connectivity index (χ1) is 12.2. The molecule has 1 aliphatic heterocycles. The number of carbonyl (C=O) groups is 1. The van der Waals surface area contributed by atoms with E-state index >= 15 is 0 Å². The van der Waals surface area contributed by atoms with Crippen LogP contribution in [0.25, 0.3) is 0 Å². The maximum Gasteiger partial charge on any atom is 0.417 e. The SMILES string of the molecule is Cc1cnc(CN(C)C(=O)[C@H]2CCN(c3ccc(C(F)(F)F)cn3)C2)[nH]1. The van der Waals surface area contributed by atoms with Crippen LogP contribution in [0.3, 0.4) is 0 Å². The smallest absolute Gasteiger partial charge is 0.356 e. The Kier molecular flexibility index (Phi) is 4.88. The van der Waals surface area contributed by atoms with Gasteiger partial charge in [0.25, 0.3) is 0 Å². The standard InChI is InChI=1S/C17H20F3N5O/c1-11-7-21-14(23-11)10-24(2)16(26)12-5-6-25(9-12)15-4-3-13(8-22-15)17(18,19)20/h3-4,7-8,12H,5-6,9-10H2,1-2H3,(H,21,23)/t12-/m0/s1. The number of carbonyl (C=O) groups excluding carboxylic acids is 1. The van der Waals surface area contributed by atoms with Crippen molar-refractivity contribution in [1.29, 1.82) is 0 Å². The fourth-order valence-corrected chi connectivity index (χ4v) is 3.07. The molecule has 6 nitrogen and oxygen atoms in total. The van der Waals surface area contributed by atoms with Gasteiger partial charge in [0, 0.05) is 38.2 Å². The number of nitrogens with zero attached hydrogens (tertiary/aromatic N) is 4. The van der Waals surface area contributed by atoms with Crippen LogP contribution in [0.15, 0.2) is 24.5 Å². The van der Waals surface area contributed by atoms with Crippen molar-refractivity contribution >= 4 is 11.7 Å². The summed E-state index contributed by atoms with van der Waals surface area (Å²) in [4.78, 5) is 27.2. The van der Waals surface area contributed by atoms with Crippen LogP contribution < -0.4 is 4.90 Å². The first-order valence-electron chi connectivity index (χ1n) is 8.27. The Labute approximate surface area is 149 Å². The Balaban J connectivity index is 1.60. The van der Waals surface area contributed by atoms with Crippen molar-refractivity contribution in [3.8, 4) is 0 Å². The first-order valence-corrected chi connectivity index (χ1v) is 8.27. The summed E-state index contributed by atoms with van der Waals surface area (Å²) in [5, 5.41) is 0. The second-order valence-electron chi connectivity index (χ2n) is 6.54. The molecule has 0 radical (unpaired) electrons. The number of aromatic nitrogens is 3. The lowest BCUT2D eigenvalue weighted by molar-refractivity contribution is -0.137. The second kappa shape index (κ2) is 6.97. The summed E-state index contributed by atoms with van der Waals surface area (Å²) in [7, 11) is 1.72. The molecule has 26 heavy (non-hydrogen) atoms. The molecule has 2 aromatic heterocycles. The van der Waals surface area contributed by atoms with Crippen LogP contribution >= 0.6 is 0 Å². The highest BCUT2D eigenvalue weighted by atomic mass is 19.4. The molecule has 1 atom stereocenters. The number of rotatable bonds is 4. The van der Waals surface area contributed by atoms with Crippen molar-refractivity contribution in [3.05, 3.63) is 41.6 Å². The van der Waals surface area contributed by atoms with Gasteiger partial charge in [-0.15, -0.1) is 0 Å². The van der Waals surface area contributed by atoms with Crippen molar-refractivity contribution in [2.75, 3.05) is 25.0 Å².